The number of nitrogens with zero attached hydrogens (tertiary/aromatic N) is 1. The SMILES string of the molecule is COC1=CC=C(P)C(/C=C\N(C)C)=CC1. The average molecular weight is 223 g/mol. The molecule has 0 amide bonds. The standard InChI is InChI=1S/C12H18NOP/c1-13(2)9-8-10-4-5-11(14-3)6-7-12(10)15/h4,6-9H,5,15H2,1-3H3/b9-8-. The van der Waals surface area contributed by atoms with Crippen LogP contribution < -0.4 is 0 Å². The monoisotopic (exact) mass is 223 g/mol. The summed E-state index contributed by atoms with van der Waals surface area (Å²) in [5.74, 6) is 0.989. The van der Waals surface area contributed by atoms with Gasteiger partial charge in [0.05, 0.1) is 12.9 Å². The number of hydrogen-bond acceptors (Lipinski definition) is 2. The van der Waals surface area contributed by atoms with E-state index in [0.29, 0.717) is 0 Å². The Hall–Kier alpha value is -1.01. The first-order valence-corrected chi connectivity index (χ1v) is 5.46. The van der Waals surface area contributed by atoms with Gasteiger partial charge in [-0.25, -0.2) is 0 Å². The second-order valence-corrected chi connectivity index (χ2v) is 4.22. The summed E-state index contributed by atoms with van der Waals surface area (Å²) in [6.07, 6.45) is 11.2. The molecule has 0 radical (unpaired) electrons. The lowest BCUT2D eigenvalue weighted by molar-refractivity contribution is 0.285. The van der Waals surface area contributed by atoms with E-state index in [4.69, 9.17) is 4.74 Å². The number of methoxy groups -OCH3 is 1. The molecule has 1 aliphatic rings. The van der Waals surface area contributed by atoms with Gasteiger partial charge in [-0.2, -0.15) is 0 Å². The van der Waals surface area contributed by atoms with E-state index < -0.39 is 0 Å². The van der Waals surface area contributed by atoms with Crippen LogP contribution in [0.2, 0.25) is 0 Å². The fraction of sp³-hybridized carbons (Fsp3) is 0.333. The van der Waals surface area contributed by atoms with Crippen LogP contribution in [0, 0.1) is 0 Å². The lowest BCUT2D eigenvalue weighted by Crippen LogP contribution is -2.00. The predicted molar refractivity (Wildman–Crippen MR) is 68.4 cm³/mol. The topological polar surface area (TPSA) is 12.5 Å². The van der Waals surface area contributed by atoms with E-state index in [-0.39, 0.29) is 0 Å². The zero-order valence-corrected chi connectivity index (χ0v) is 10.7. The van der Waals surface area contributed by atoms with Crippen LogP contribution in [-0.4, -0.2) is 26.1 Å². The molecule has 0 spiro atoms. The van der Waals surface area contributed by atoms with Crippen LogP contribution in [0.25, 0.3) is 0 Å². The number of rotatable bonds is 3. The van der Waals surface area contributed by atoms with Gasteiger partial charge < -0.3 is 9.64 Å². The van der Waals surface area contributed by atoms with Gasteiger partial charge in [0.25, 0.3) is 0 Å². The molecule has 0 saturated carbocycles. The first-order valence-electron chi connectivity index (χ1n) is 4.89. The molecule has 2 nitrogen and oxygen atoms in total. The Kier molecular flexibility index (Phi) is 4.64. The van der Waals surface area contributed by atoms with Crippen molar-refractivity contribution in [2.24, 2.45) is 0 Å². The summed E-state index contributed by atoms with van der Waals surface area (Å²) < 4.78 is 5.22. The molecule has 0 aliphatic heterocycles. The Balaban J connectivity index is 2.80. The van der Waals surface area contributed by atoms with E-state index >= 15 is 0 Å². The van der Waals surface area contributed by atoms with E-state index in [1.54, 1.807) is 7.11 Å². The third kappa shape index (κ3) is 3.93. The third-order valence-corrected chi connectivity index (χ3v) is 2.65. The molecule has 0 aromatic heterocycles. The Morgan fingerprint density at radius 1 is 1.40 bits per heavy atom. The Morgan fingerprint density at radius 3 is 2.73 bits per heavy atom. The molecule has 0 aromatic carbocycles. The third-order valence-electron chi connectivity index (χ3n) is 2.12. The second-order valence-electron chi connectivity index (χ2n) is 3.60. The van der Waals surface area contributed by atoms with Crippen LogP contribution >= 0.6 is 9.24 Å². The molecule has 1 atom stereocenters. The Bertz CT molecular complexity index is 338. The minimum absolute atomic E-state index is 0.845. The smallest absolute Gasteiger partial charge is 0.0993 e. The molecule has 1 aliphatic carbocycles. The maximum atomic E-state index is 5.22. The number of allylic oxidation sites excluding steroid dienone is 6. The van der Waals surface area contributed by atoms with Gasteiger partial charge in [-0.1, -0.05) is 12.2 Å². The molecule has 82 valence electrons. The minimum atomic E-state index is 0.845. The molecule has 0 fully saturated rings. The van der Waals surface area contributed by atoms with Crippen molar-refractivity contribution in [3.05, 3.63) is 47.2 Å². The largest absolute Gasteiger partial charge is 0.501 e. The molecule has 3 heteroatoms. The highest BCUT2D eigenvalue weighted by Crippen LogP contribution is 2.24. The van der Waals surface area contributed by atoms with Crippen LogP contribution in [-0.2, 0) is 4.74 Å². The zero-order valence-electron chi connectivity index (χ0n) is 9.53. The van der Waals surface area contributed by atoms with Gasteiger partial charge >= 0.3 is 0 Å². The quantitative estimate of drug-likeness (QED) is 0.682. The summed E-state index contributed by atoms with van der Waals surface area (Å²) in [4.78, 5) is 2.02. The van der Waals surface area contributed by atoms with E-state index in [9.17, 15) is 0 Å². The molecule has 15 heavy (non-hydrogen) atoms. The van der Waals surface area contributed by atoms with Gasteiger partial charge in [-0.05, 0) is 29.2 Å². The Labute approximate surface area is 94.2 Å². The fourth-order valence-electron chi connectivity index (χ4n) is 1.22. The van der Waals surface area contributed by atoms with Crippen LogP contribution in [0.3, 0.4) is 0 Å². The normalized spacial score (nSPS) is 16.7. The molecule has 0 aromatic rings. The summed E-state index contributed by atoms with van der Waals surface area (Å²) in [6, 6.07) is 0. The number of ether oxygens (including phenoxy) is 1. The first-order chi connectivity index (χ1) is 7.13. The number of hydrogen-bond donors (Lipinski definition) is 0. The highest BCUT2D eigenvalue weighted by atomic mass is 31.0. The van der Waals surface area contributed by atoms with Crippen LogP contribution in [0.4, 0.5) is 0 Å². The molecular formula is C12H18NOP. The summed E-state index contributed by atoms with van der Waals surface area (Å²) >= 11 is 0. The van der Waals surface area contributed by atoms with Gasteiger partial charge in [0.15, 0.2) is 0 Å². The van der Waals surface area contributed by atoms with Crippen LogP contribution in [0.15, 0.2) is 47.2 Å². The molecule has 0 heterocycles. The van der Waals surface area contributed by atoms with Crippen molar-refractivity contribution in [1.82, 2.24) is 4.90 Å². The fourth-order valence-corrected chi connectivity index (χ4v) is 1.53. The van der Waals surface area contributed by atoms with E-state index in [1.807, 2.05) is 31.3 Å². The predicted octanol–water partition coefficient (Wildman–Crippen LogP) is 2.68. The maximum absolute atomic E-state index is 5.22. The summed E-state index contributed by atoms with van der Waals surface area (Å²) in [5.41, 5.74) is 1.22. The summed E-state index contributed by atoms with van der Waals surface area (Å²) in [6.45, 7) is 0. The second kappa shape index (κ2) is 5.77. The van der Waals surface area contributed by atoms with E-state index in [2.05, 4.69) is 27.5 Å². The maximum Gasteiger partial charge on any atom is 0.0993 e. The Morgan fingerprint density at radius 2 is 2.13 bits per heavy atom. The highest BCUT2D eigenvalue weighted by molar-refractivity contribution is 7.23. The van der Waals surface area contributed by atoms with Gasteiger partial charge in [0, 0.05) is 20.5 Å². The average Bonchev–Trinajstić information content (AvgIpc) is 2.37. The van der Waals surface area contributed by atoms with Gasteiger partial charge in [0.1, 0.15) is 0 Å². The summed E-state index contributed by atoms with van der Waals surface area (Å²) in [5, 5.41) is 1.18. The van der Waals surface area contributed by atoms with Gasteiger partial charge in [-0.15, -0.1) is 9.24 Å². The lowest BCUT2D eigenvalue weighted by atomic mass is 10.2. The van der Waals surface area contributed by atoms with Crippen LogP contribution in [0.1, 0.15) is 6.42 Å². The van der Waals surface area contributed by atoms with Crippen LogP contribution in [0.5, 0.6) is 0 Å². The highest BCUT2D eigenvalue weighted by Gasteiger charge is 2.02. The van der Waals surface area contributed by atoms with Gasteiger partial charge in [-0.3, -0.25) is 0 Å². The summed E-state index contributed by atoms with van der Waals surface area (Å²) in [7, 11) is 8.47. The van der Waals surface area contributed by atoms with Crippen molar-refractivity contribution in [3.63, 3.8) is 0 Å². The van der Waals surface area contributed by atoms with Crippen molar-refractivity contribution in [2.45, 2.75) is 6.42 Å². The van der Waals surface area contributed by atoms with Crippen molar-refractivity contribution in [2.75, 3.05) is 21.2 Å². The molecule has 0 saturated heterocycles. The van der Waals surface area contributed by atoms with E-state index in [1.165, 1.54) is 10.9 Å². The first kappa shape index (κ1) is 12.1. The van der Waals surface area contributed by atoms with Crippen molar-refractivity contribution < 1.29 is 4.74 Å². The van der Waals surface area contributed by atoms with Gasteiger partial charge in [0.2, 0.25) is 0 Å². The zero-order chi connectivity index (χ0) is 11.3. The lowest BCUT2D eigenvalue weighted by Gasteiger charge is -2.05. The van der Waals surface area contributed by atoms with E-state index in [0.717, 1.165) is 12.2 Å². The molecule has 0 bridgehead atoms. The van der Waals surface area contributed by atoms with Crippen molar-refractivity contribution in [3.8, 4) is 0 Å². The molecule has 0 N–H and O–H groups in total. The minimum Gasteiger partial charge on any atom is -0.501 e. The van der Waals surface area contributed by atoms with Crippen molar-refractivity contribution >= 4 is 9.24 Å². The molecular weight excluding hydrogens is 205 g/mol. The van der Waals surface area contributed by atoms with Crippen molar-refractivity contribution in [1.29, 1.82) is 0 Å². The molecule has 1 unspecified atom stereocenters. The molecule has 1 rings (SSSR count).